The number of aryl methyl sites for hydroxylation is 1. The van der Waals surface area contributed by atoms with Crippen LogP contribution < -0.4 is 10.6 Å². The lowest BCUT2D eigenvalue weighted by atomic mass is 10.2. The quantitative estimate of drug-likeness (QED) is 0.740. The fourth-order valence-electron chi connectivity index (χ4n) is 1.92. The predicted octanol–water partition coefficient (Wildman–Crippen LogP) is 4.46. The highest BCUT2D eigenvalue weighted by atomic mass is 35.5. The van der Waals surface area contributed by atoms with Crippen LogP contribution in [0.1, 0.15) is 5.56 Å². The van der Waals surface area contributed by atoms with E-state index in [0.29, 0.717) is 10.8 Å². The molecule has 0 atom stereocenters. The zero-order valence-corrected chi connectivity index (χ0v) is 13.0. The zero-order chi connectivity index (χ0) is 16.2. The van der Waals surface area contributed by atoms with Crippen LogP contribution in [0.15, 0.2) is 48.7 Å². The normalized spacial score (nSPS) is 10.4. The Balaban J connectivity index is 1.79. The average Bonchev–Trinajstić information content (AvgIpc) is 2.54. The summed E-state index contributed by atoms with van der Waals surface area (Å²) in [5, 5.41) is 14.2. The van der Waals surface area contributed by atoms with Crippen molar-refractivity contribution in [1.82, 2.24) is 15.2 Å². The van der Waals surface area contributed by atoms with Gasteiger partial charge in [-0.1, -0.05) is 29.8 Å². The van der Waals surface area contributed by atoms with Crippen molar-refractivity contribution in [1.29, 1.82) is 0 Å². The summed E-state index contributed by atoms with van der Waals surface area (Å²) in [6.07, 6.45) is 1.47. The number of halogens is 2. The molecule has 0 aliphatic rings. The maximum atomic E-state index is 13.6. The van der Waals surface area contributed by atoms with E-state index in [0.717, 1.165) is 11.3 Å². The van der Waals surface area contributed by atoms with Gasteiger partial charge >= 0.3 is 0 Å². The smallest absolute Gasteiger partial charge is 0.249 e. The standard InChI is InChI=1S/C16H13ClFN5/c1-10-6-7-11(8-12(10)17)20-15-9-19-23-16(22-15)21-14-5-3-2-4-13(14)18/h2-9H,1H3,(H2,20,21,22,23). The Kier molecular flexibility index (Phi) is 4.34. The zero-order valence-electron chi connectivity index (χ0n) is 12.2. The minimum absolute atomic E-state index is 0.193. The molecule has 0 aliphatic carbocycles. The summed E-state index contributed by atoms with van der Waals surface area (Å²) in [4.78, 5) is 4.25. The maximum absolute atomic E-state index is 13.6. The largest absolute Gasteiger partial charge is 0.339 e. The van der Waals surface area contributed by atoms with Crippen molar-refractivity contribution in [2.45, 2.75) is 6.92 Å². The number of aromatic nitrogens is 3. The van der Waals surface area contributed by atoms with Gasteiger partial charge in [0.25, 0.3) is 0 Å². The van der Waals surface area contributed by atoms with Crippen LogP contribution in [0.2, 0.25) is 5.02 Å². The molecule has 3 rings (SSSR count). The second-order valence-electron chi connectivity index (χ2n) is 4.86. The molecule has 0 spiro atoms. The van der Waals surface area contributed by atoms with E-state index in [1.165, 1.54) is 12.3 Å². The summed E-state index contributed by atoms with van der Waals surface area (Å²) in [6, 6.07) is 11.9. The predicted molar refractivity (Wildman–Crippen MR) is 89.0 cm³/mol. The molecule has 1 aromatic heterocycles. The molecule has 0 saturated carbocycles. The summed E-state index contributed by atoms with van der Waals surface area (Å²) in [5.74, 6) is 0.275. The number of rotatable bonds is 4. The topological polar surface area (TPSA) is 62.7 Å². The van der Waals surface area contributed by atoms with E-state index in [2.05, 4.69) is 25.8 Å². The fraction of sp³-hybridized carbons (Fsp3) is 0.0625. The molecule has 0 fully saturated rings. The van der Waals surface area contributed by atoms with Crippen molar-refractivity contribution >= 4 is 34.7 Å². The molecule has 0 bridgehead atoms. The van der Waals surface area contributed by atoms with Crippen LogP contribution in [0.25, 0.3) is 0 Å². The van der Waals surface area contributed by atoms with Gasteiger partial charge in [-0.15, -0.1) is 5.10 Å². The lowest BCUT2D eigenvalue weighted by Gasteiger charge is -2.09. The summed E-state index contributed by atoms with van der Waals surface area (Å²) in [5.41, 5.74) is 2.04. The molecule has 0 aliphatic heterocycles. The Morgan fingerprint density at radius 2 is 1.91 bits per heavy atom. The fourth-order valence-corrected chi connectivity index (χ4v) is 2.10. The number of nitrogens with one attached hydrogen (secondary N) is 2. The second kappa shape index (κ2) is 6.58. The molecule has 7 heteroatoms. The summed E-state index contributed by atoms with van der Waals surface area (Å²) in [7, 11) is 0. The lowest BCUT2D eigenvalue weighted by Crippen LogP contribution is -2.03. The number of hydrogen-bond acceptors (Lipinski definition) is 5. The number of anilines is 4. The van der Waals surface area contributed by atoms with Gasteiger partial charge in [-0.2, -0.15) is 10.1 Å². The third kappa shape index (κ3) is 3.73. The number of benzene rings is 2. The van der Waals surface area contributed by atoms with Gasteiger partial charge in [-0.3, -0.25) is 0 Å². The third-order valence-corrected chi connectivity index (χ3v) is 3.53. The van der Waals surface area contributed by atoms with Crippen LogP contribution >= 0.6 is 11.6 Å². The Hall–Kier alpha value is -2.73. The number of hydrogen-bond donors (Lipinski definition) is 2. The Morgan fingerprint density at radius 1 is 1.09 bits per heavy atom. The van der Waals surface area contributed by atoms with E-state index in [4.69, 9.17) is 11.6 Å². The van der Waals surface area contributed by atoms with E-state index in [9.17, 15) is 4.39 Å². The van der Waals surface area contributed by atoms with Crippen molar-refractivity contribution in [2.75, 3.05) is 10.6 Å². The molecular formula is C16H13ClFN5. The Labute approximate surface area is 137 Å². The minimum Gasteiger partial charge on any atom is -0.339 e. The van der Waals surface area contributed by atoms with E-state index < -0.39 is 0 Å². The first-order valence-electron chi connectivity index (χ1n) is 6.86. The first-order valence-corrected chi connectivity index (χ1v) is 7.24. The Bertz CT molecular complexity index is 840. The Morgan fingerprint density at radius 3 is 2.70 bits per heavy atom. The lowest BCUT2D eigenvalue weighted by molar-refractivity contribution is 0.631. The first kappa shape index (κ1) is 15.2. The second-order valence-corrected chi connectivity index (χ2v) is 5.27. The molecule has 2 N–H and O–H groups in total. The van der Waals surface area contributed by atoms with Crippen LogP contribution in [-0.4, -0.2) is 15.2 Å². The third-order valence-electron chi connectivity index (χ3n) is 3.12. The van der Waals surface area contributed by atoms with Crippen molar-refractivity contribution in [3.63, 3.8) is 0 Å². The highest BCUT2D eigenvalue weighted by Crippen LogP contribution is 2.23. The number of para-hydroxylation sites is 1. The van der Waals surface area contributed by atoms with Gasteiger partial charge < -0.3 is 10.6 Å². The minimum atomic E-state index is -0.389. The summed E-state index contributed by atoms with van der Waals surface area (Å²) >= 11 is 6.09. The van der Waals surface area contributed by atoms with E-state index in [-0.39, 0.29) is 17.5 Å². The SMILES string of the molecule is Cc1ccc(Nc2cnnc(Nc3ccccc3F)n2)cc1Cl. The molecule has 0 saturated heterocycles. The molecule has 0 radical (unpaired) electrons. The van der Waals surface area contributed by atoms with Gasteiger partial charge in [0.15, 0.2) is 5.82 Å². The van der Waals surface area contributed by atoms with Gasteiger partial charge in [0.2, 0.25) is 5.95 Å². The van der Waals surface area contributed by atoms with Gasteiger partial charge in [0, 0.05) is 10.7 Å². The molecule has 1 heterocycles. The highest BCUT2D eigenvalue weighted by molar-refractivity contribution is 6.31. The summed E-state index contributed by atoms with van der Waals surface area (Å²) < 4.78 is 13.6. The van der Waals surface area contributed by atoms with E-state index in [1.807, 2.05) is 19.1 Å². The van der Waals surface area contributed by atoms with Crippen molar-refractivity contribution in [2.24, 2.45) is 0 Å². The van der Waals surface area contributed by atoms with Crippen molar-refractivity contribution in [3.8, 4) is 0 Å². The van der Waals surface area contributed by atoms with Gasteiger partial charge in [0.05, 0.1) is 11.9 Å². The van der Waals surface area contributed by atoms with Crippen molar-refractivity contribution in [3.05, 3.63) is 65.1 Å². The molecular weight excluding hydrogens is 317 g/mol. The monoisotopic (exact) mass is 329 g/mol. The van der Waals surface area contributed by atoms with Gasteiger partial charge in [-0.25, -0.2) is 4.39 Å². The van der Waals surface area contributed by atoms with Crippen LogP contribution in [0, 0.1) is 12.7 Å². The van der Waals surface area contributed by atoms with Crippen LogP contribution in [-0.2, 0) is 0 Å². The summed E-state index contributed by atoms with van der Waals surface area (Å²) in [6.45, 7) is 1.93. The molecule has 5 nitrogen and oxygen atoms in total. The molecule has 3 aromatic rings. The van der Waals surface area contributed by atoms with Crippen LogP contribution in [0.5, 0.6) is 0 Å². The molecule has 2 aromatic carbocycles. The molecule has 23 heavy (non-hydrogen) atoms. The van der Waals surface area contributed by atoms with E-state index in [1.54, 1.807) is 24.3 Å². The van der Waals surface area contributed by atoms with Crippen LogP contribution in [0.3, 0.4) is 0 Å². The first-order chi connectivity index (χ1) is 11.1. The van der Waals surface area contributed by atoms with E-state index >= 15 is 0 Å². The maximum Gasteiger partial charge on any atom is 0.249 e. The molecule has 116 valence electrons. The highest BCUT2D eigenvalue weighted by Gasteiger charge is 2.06. The molecule has 0 unspecified atom stereocenters. The average molecular weight is 330 g/mol. The van der Waals surface area contributed by atoms with Gasteiger partial charge in [-0.05, 0) is 36.8 Å². The van der Waals surface area contributed by atoms with Crippen LogP contribution in [0.4, 0.5) is 27.5 Å². The van der Waals surface area contributed by atoms with Crippen molar-refractivity contribution < 1.29 is 4.39 Å². The molecule has 0 amide bonds. The number of nitrogens with zero attached hydrogens (tertiary/aromatic N) is 3. The van der Waals surface area contributed by atoms with Gasteiger partial charge in [0.1, 0.15) is 5.82 Å².